The lowest BCUT2D eigenvalue weighted by Crippen LogP contribution is -2.02. The van der Waals surface area contributed by atoms with E-state index in [1.54, 1.807) is 0 Å². The van der Waals surface area contributed by atoms with Gasteiger partial charge in [-0.2, -0.15) is 0 Å². The number of hydrogen-bond acceptors (Lipinski definition) is 1. The van der Waals surface area contributed by atoms with E-state index in [2.05, 4.69) is 44.8 Å². The number of aryl methyl sites for hydroxylation is 2. The number of nitrogens with zero attached hydrogens (tertiary/aromatic N) is 1. The molecule has 0 bridgehead atoms. The van der Waals surface area contributed by atoms with E-state index in [4.69, 9.17) is 0 Å². The van der Waals surface area contributed by atoms with Crippen LogP contribution in [0, 0.1) is 11.8 Å². The van der Waals surface area contributed by atoms with E-state index in [1.165, 1.54) is 30.5 Å². The SMILES string of the molecule is CC(C)CCc1cccnc1CCC(C)C. The van der Waals surface area contributed by atoms with Crippen LogP contribution in [0.4, 0.5) is 0 Å². The number of aromatic nitrogens is 1. The molecule has 0 unspecified atom stereocenters. The van der Waals surface area contributed by atoms with Crippen LogP contribution in [0.2, 0.25) is 0 Å². The van der Waals surface area contributed by atoms with Gasteiger partial charge in [0.05, 0.1) is 0 Å². The summed E-state index contributed by atoms with van der Waals surface area (Å²) < 4.78 is 0. The zero-order valence-corrected chi connectivity index (χ0v) is 11.2. The molecule has 0 aliphatic carbocycles. The molecule has 1 aromatic rings. The molecule has 0 aliphatic rings. The quantitative estimate of drug-likeness (QED) is 0.696. The van der Waals surface area contributed by atoms with Crippen LogP contribution in [0.15, 0.2) is 18.3 Å². The molecule has 0 saturated carbocycles. The fraction of sp³-hybridized carbons (Fsp3) is 0.667. The van der Waals surface area contributed by atoms with Crippen LogP contribution < -0.4 is 0 Å². The van der Waals surface area contributed by atoms with Crippen molar-refractivity contribution >= 4 is 0 Å². The Morgan fingerprint density at radius 1 is 1.00 bits per heavy atom. The van der Waals surface area contributed by atoms with Crippen LogP contribution in [0.5, 0.6) is 0 Å². The molecule has 90 valence electrons. The minimum absolute atomic E-state index is 0.764. The molecule has 1 heterocycles. The monoisotopic (exact) mass is 219 g/mol. The molecule has 0 atom stereocenters. The third-order valence-electron chi connectivity index (χ3n) is 2.93. The van der Waals surface area contributed by atoms with Crippen molar-refractivity contribution < 1.29 is 0 Å². The van der Waals surface area contributed by atoms with Crippen molar-refractivity contribution in [2.75, 3.05) is 0 Å². The van der Waals surface area contributed by atoms with Crippen molar-refractivity contribution in [3.8, 4) is 0 Å². The minimum atomic E-state index is 0.764. The third kappa shape index (κ3) is 4.78. The Balaban J connectivity index is 2.60. The van der Waals surface area contributed by atoms with Crippen molar-refractivity contribution in [1.82, 2.24) is 4.98 Å². The number of hydrogen-bond donors (Lipinski definition) is 0. The normalized spacial score (nSPS) is 11.4. The van der Waals surface area contributed by atoms with Gasteiger partial charge in [-0.25, -0.2) is 0 Å². The fourth-order valence-corrected chi connectivity index (χ4v) is 1.79. The van der Waals surface area contributed by atoms with E-state index in [1.807, 2.05) is 6.20 Å². The van der Waals surface area contributed by atoms with Gasteiger partial charge in [-0.3, -0.25) is 4.98 Å². The van der Waals surface area contributed by atoms with Crippen molar-refractivity contribution in [2.24, 2.45) is 11.8 Å². The summed E-state index contributed by atoms with van der Waals surface area (Å²) in [6, 6.07) is 4.31. The second kappa shape index (κ2) is 6.67. The van der Waals surface area contributed by atoms with Crippen LogP contribution in [-0.2, 0) is 12.8 Å². The van der Waals surface area contributed by atoms with Crippen LogP contribution >= 0.6 is 0 Å². The summed E-state index contributed by atoms with van der Waals surface area (Å²) in [4.78, 5) is 4.53. The summed E-state index contributed by atoms with van der Waals surface area (Å²) in [5.41, 5.74) is 2.77. The molecule has 0 spiro atoms. The van der Waals surface area contributed by atoms with Gasteiger partial charge in [0.25, 0.3) is 0 Å². The maximum atomic E-state index is 4.53. The maximum Gasteiger partial charge on any atom is 0.0435 e. The zero-order chi connectivity index (χ0) is 12.0. The smallest absolute Gasteiger partial charge is 0.0435 e. The molecule has 0 aromatic carbocycles. The van der Waals surface area contributed by atoms with Gasteiger partial charge >= 0.3 is 0 Å². The van der Waals surface area contributed by atoms with Gasteiger partial charge in [-0.1, -0.05) is 33.8 Å². The Labute approximate surface area is 100 Å². The second-order valence-electron chi connectivity index (χ2n) is 5.47. The molecule has 16 heavy (non-hydrogen) atoms. The number of rotatable bonds is 6. The highest BCUT2D eigenvalue weighted by atomic mass is 14.7. The van der Waals surface area contributed by atoms with Gasteiger partial charge in [-0.05, 0) is 49.1 Å². The predicted molar refractivity (Wildman–Crippen MR) is 70.6 cm³/mol. The molecule has 0 N–H and O–H groups in total. The first kappa shape index (κ1) is 13.2. The summed E-state index contributed by atoms with van der Waals surface area (Å²) in [7, 11) is 0. The average Bonchev–Trinajstić information content (AvgIpc) is 2.24. The predicted octanol–water partition coefficient (Wildman–Crippen LogP) is 4.26. The van der Waals surface area contributed by atoms with E-state index in [9.17, 15) is 0 Å². The third-order valence-corrected chi connectivity index (χ3v) is 2.93. The summed E-state index contributed by atoms with van der Waals surface area (Å²) in [6.07, 6.45) is 6.74. The standard InChI is InChI=1S/C15H25N/c1-12(2)7-9-14-6-5-11-16-15(14)10-8-13(3)4/h5-6,11-13H,7-10H2,1-4H3. The Kier molecular flexibility index (Phi) is 5.51. The Hall–Kier alpha value is -0.850. The Morgan fingerprint density at radius 2 is 1.62 bits per heavy atom. The van der Waals surface area contributed by atoms with Gasteiger partial charge in [0, 0.05) is 11.9 Å². The van der Waals surface area contributed by atoms with E-state index in [0.29, 0.717) is 0 Å². The van der Waals surface area contributed by atoms with Gasteiger partial charge in [0.15, 0.2) is 0 Å². The van der Waals surface area contributed by atoms with Crippen LogP contribution in [0.25, 0.3) is 0 Å². The number of pyridine rings is 1. The van der Waals surface area contributed by atoms with Gasteiger partial charge in [0.1, 0.15) is 0 Å². The van der Waals surface area contributed by atoms with Gasteiger partial charge in [-0.15, -0.1) is 0 Å². The van der Waals surface area contributed by atoms with Gasteiger partial charge in [0.2, 0.25) is 0 Å². The molecule has 1 aromatic heterocycles. The fourth-order valence-electron chi connectivity index (χ4n) is 1.79. The molecular weight excluding hydrogens is 194 g/mol. The largest absolute Gasteiger partial charge is 0.261 e. The highest BCUT2D eigenvalue weighted by molar-refractivity contribution is 5.20. The van der Waals surface area contributed by atoms with E-state index in [-0.39, 0.29) is 0 Å². The van der Waals surface area contributed by atoms with Crippen molar-refractivity contribution in [2.45, 2.75) is 53.4 Å². The van der Waals surface area contributed by atoms with Crippen LogP contribution in [0.3, 0.4) is 0 Å². The van der Waals surface area contributed by atoms with Gasteiger partial charge < -0.3 is 0 Å². The highest BCUT2D eigenvalue weighted by Gasteiger charge is 2.05. The summed E-state index contributed by atoms with van der Waals surface area (Å²) in [5, 5.41) is 0. The highest BCUT2D eigenvalue weighted by Crippen LogP contribution is 2.15. The molecule has 0 aliphatic heterocycles. The Bertz CT molecular complexity index is 271. The summed E-state index contributed by atoms with van der Waals surface area (Å²) >= 11 is 0. The van der Waals surface area contributed by atoms with E-state index >= 15 is 0 Å². The lowest BCUT2D eigenvalue weighted by molar-refractivity contribution is 0.566. The van der Waals surface area contributed by atoms with Crippen LogP contribution in [0.1, 0.15) is 51.8 Å². The first-order valence-corrected chi connectivity index (χ1v) is 6.52. The molecule has 1 heteroatoms. The van der Waals surface area contributed by atoms with E-state index in [0.717, 1.165) is 18.3 Å². The molecule has 0 amide bonds. The topological polar surface area (TPSA) is 12.9 Å². The molecule has 0 fully saturated rings. The van der Waals surface area contributed by atoms with Crippen molar-refractivity contribution in [3.63, 3.8) is 0 Å². The maximum absolute atomic E-state index is 4.53. The molecule has 1 rings (SSSR count). The average molecular weight is 219 g/mol. The molecular formula is C15H25N. The van der Waals surface area contributed by atoms with Crippen LogP contribution in [-0.4, -0.2) is 4.98 Å². The molecule has 1 nitrogen and oxygen atoms in total. The second-order valence-corrected chi connectivity index (χ2v) is 5.47. The lowest BCUT2D eigenvalue weighted by Gasteiger charge is -2.10. The van der Waals surface area contributed by atoms with Crippen molar-refractivity contribution in [3.05, 3.63) is 29.6 Å². The lowest BCUT2D eigenvalue weighted by atomic mass is 9.98. The minimum Gasteiger partial charge on any atom is -0.261 e. The van der Waals surface area contributed by atoms with E-state index < -0.39 is 0 Å². The Morgan fingerprint density at radius 3 is 2.25 bits per heavy atom. The summed E-state index contributed by atoms with van der Waals surface area (Å²) in [6.45, 7) is 9.11. The first-order valence-electron chi connectivity index (χ1n) is 6.52. The van der Waals surface area contributed by atoms with Crippen molar-refractivity contribution in [1.29, 1.82) is 0 Å². The molecule has 0 saturated heterocycles. The first-order chi connectivity index (χ1) is 7.59. The summed E-state index contributed by atoms with van der Waals surface area (Å²) in [5.74, 6) is 1.54. The molecule has 0 radical (unpaired) electrons. The zero-order valence-electron chi connectivity index (χ0n) is 11.2.